The van der Waals surface area contributed by atoms with Crippen molar-refractivity contribution in [2.75, 3.05) is 0 Å². The van der Waals surface area contributed by atoms with Gasteiger partial charge in [-0.3, -0.25) is 0 Å². The van der Waals surface area contributed by atoms with Gasteiger partial charge in [-0.15, -0.1) is 0 Å². The molecule has 6 heteroatoms. The van der Waals surface area contributed by atoms with Crippen LogP contribution in [0.4, 0.5) is 4.39 Å². The van der Waals surface area contributed by atoms with Crippen LogP contribution in [0, 0.1) is 5.92 Å². The smallest absolute Gasteiger partial charge is 0.338 e. The first kappa shape index (κ1) is 14.0. The van der Waals surface area contributed by atoms with Gasteiger partial charge in [-0.25, -0.2) is 14.0 Å². The van der Waals surface area contributed by atoms with Gasteiger partial charge in [0.1, 0.15) is 12.3 Å². The van der Waals surface area contributed by atoms with Crippen molar-refractivity contribution in [3.05, 3.63) is 58.9 Å². The molecule has 2 heterocycles. The van der Waals surface area contributed by atoms with Crippen molar-refractivity contribution in [3.63, 3.8) is 0 Å². The third-order valence-electron chi connectivity index (χ3n) is 4.33. The number of rotatable bonds is 2. The number of hydrogen-bond acceptors (Lipinski definition) is 5. The Morgan fingerprint density at radius 3 is 2.57 bits per heavy atom. The number of benzene rings is 1. The quantitative estimate of drug-likeness (QED) is 0.477. The summed E-state index contributed by atoms with van der Waals surface area (Å²) in [5.41, 5.74) is 1.76. The molecule has 118 valence electrons. The van der Waals surface area contributed by atoms with Gasteiger partial charge in [0, 0.05) is 11.6 Å². The normalized spacial score (nSPS) is 33.1. The molecule has 0 bridgehead atoms. The van der Waals surface area contributed by atoms with Gasteiger partial charge in [-0.05, 0) is 18.1 Å². The topological polar surface area (TPSA) is 61.8 Å². The van der Waals surface area contributed by atoms with E-state index in [-0.39, 0.29) is 5.57 Å². The van der Waals surface area contributed by atoms with Crippen molar-refractivity contribution >= 4 is 11.9 Å². The van der Waals surface area contributed by atoms with Crippen LogP contribution in [0.1, 0.15) is 30.3 Å². The number of carbonyl (C=O) groups excluding carboxylic acids is 2. The van der Waals surface area contributed by atoms with E-state index in [1.807, 2.05) is 0 Å². The molecule has 2 aliphatic heterocycles. The molecule has 1 fully saturated rings. The predicted octanol–water partition coefficient (Wildman–Crippen LogP) is 2.65. The summed E-state index contributed by atoms with van der Waals surface area (Å²) in [6, 6.07) is 6.98. The molecule has 4 rings (SSSR count). The maximum Gasteiger partial charge on any atom is 0.338 e. The van der Waals surface area contributed by atoms with Crippen LogP contribution in [-0.4, -0.2) is 18.2 Å². The second-order valence-electron chi connectivity index (χ2n) is 5.72. The minimum atomic E-state index is -1.33. The lowest BCUT2D eigenvalue weighted by molar-refractivity contribution is -0.152. The highest BCUT2D eigenvalue weighted by Crippen LogP contribution is 2.55. The van der Waals surface area contributed by atoms with E-state index in [0.717, 1.165) is 6.26 Å². The van der Waals surface area contributed by atoms with Crippen molar-refractivity contribution in [3.8, 4) is 0 Å². The highest BCUT2D eigenvalue weighted by molar-refractivity contribution is 5.92. The molecule has 0 unspecified atom stereocenters. The number of halogens is 1. The molecule has 0 radical (unpaired) electrons. The summed E-state index contributed by atoms with van der Waals surface area (Å²) in [5.74, 6) is -1.82. The number of ether oxygens (including phenoxy) is 3. The molecule has 1 saturated heterocycles. The van der Waals surface area contributed by atoms with Crippen LogP contribution in [0.25, 0.3) is 0 Å². The van der Waals surface area contributed by atoms with E-state index in [2.05, 4.69) is 0 Å². The van der Waals surface area contributed by atoms with Crippen molar-refractivity contribution in [2.45, 2.75) is 25.5 Å². The summed E-state index contributed by atoms with van der Waals surface area (Å²) in [5, 5.41) is 0. The summed E-state index contributed by atoms with van der Waals surface area (Å²) in [7, 11) is 0. The molecule has 0 aromatic heterocycles. The van der Waals surface area contributed by atoms with Crippen molar-refractivity contribution < 1.29 is 28.2 Å². The van der Waals surface area contributed by atoms with Crippen LogP contribution in [0.3, 0.4) is 0 Å². The molecule has 0 N–H and O–H groups in total. The van der Waals surface area contributed by atoms with Crippen LogP contribution < -0.4 is 0 Å². The number of fused-ring (bicyclic) bond motifs is 3. The Labute approximate surface area is 131 Å². The molecular formula is C17H13FO5. The highest BCUT2D eigenvalue weighted by Gasteiger charge is 2.52. The third-order valence-corrected chi connectivity index (χ3v) is 4.33. The monoisotopic (exact) mass is 316 g/mol. The Bertz CT molecular complexity index is 766. The fourth-order valence-corrected chi connectivity index (χ4v) is 3.18. The Balaban J connectivity index is 1.60. The van der Waals surface area contributed by atoms with Crippen LogP contribution in [0.5, 0.6) is 0 Å². The Morgan fingerprint density at radius 1 is 1.13 bits per heavy atom. The maximum atomic E-state index is 14.7. The zero-order valence-corrected chi connectivity index (χ0v) is 12.2. The Kier molecular flexibility index (Phi) is 3.01. The molecule has 0 amide bonds. The van der Waals surface area contributed by atoms with Gasteiger partial charge in [0.15, 0.2) is 0 Å². The standard InChI is InChI=1S/C17H13FO5/c1-8-6-12(22-16(8)19)21-7-11-13-14(18)9-4-2-3-5-10(9)15(13)23-17(11)20/h2-7,12-15H,1H3/b11-7+/t12-,13+,14-,15-/m0/s1. The lowest BCUT2D eigenvalue weighted by Gasteiger charge is -2.12. The van der Waals surface area contributed by atoms with Crippen LogP contribution in [-0.2, 0) is 23.8 Å². The number of cyclic esters (lactones) is 1. The van der Waals surface area contributed by atoms with Gasteiger partial charge in [0.25, 0.3) is 6.29 Å². The second-order valence-corrected chi connectivity index (χ2v) is 5.72. The number of esters is 2. The molecule has 0 spiro atoms. The first-order chi connectivity index (χ1) is 11.1. The second kappa shape index (κ2) is 4.94. The zero-order valence-electron chi connectivity index (χ0n) is 12.2. The van der Waals surface area contributed by atoms with E-state index in [1.165, 1.54) is 6.08 Å². The largest absolute Gasteiger partial charge is 0.458 e. The molecule has 1 aliphatic carbocycles. The first-order valence-corrected chi connectivity index (χ1v) is 7.25. The van der Waals surface area contributed by atoms with E-state index < -0.39 is 36.4 Å². The molecule has 3 aliphatic rings. The van der Waals surface area contributed by atoms with Crippen molar-refractivity contribution in [1.82, 2.24) is 0 Å². The zero-order chi connectivity index (χ0) is 16.1. The number of alkyl halides is 1. The van der Waals surface area contributed by atoms with Crippen molar-refractivity contribution in [1.29, 1.82) is 0 Å². The average molecular weight is 316 g/mol. The SMILES string of the molecule is CC1=C[C@@H](O/C=C2/C(=O)O[C@H]3c4ccccc4[C@H](F)[C@@H]23)OC1=O. The van der Waals surface area contributed by atoms with Gasteiger partial charge in [-0.2, -0.15) is 0 Å². The van der Waals surface area contributed by atoms with Crippen LogP contribution in [0.15, 0.2) is 47.7 Å². The minimum absolute atomic E-state index is 0.118. The van der Waals surface area contributed by atoms with Gasteiger partial charge >= 0.3 is 11.9 Å². The lowest BCUT2D eigenvalue weighted by Crippen LogP contribution is -2.12. The molecule has 23 heavy (non-hydrogen) atoms. The Morgan fingerprint density at radius 2 is 1.87 bits per heavy atom. The van der Waals surface area contributed by atoms with E-state index in [0.29, 0.717) is 16.7 Å². The van der Waals surface area contributed by atoms with Crippen LogP contribution >= 0.6 is 0 Å². The van der Waals surface area contributed by atoms with E-state index in [4.69, 9.17) is 14.2 Å². The van der Waals surface area contributed by atoms with E-state index >= 15 is 0 Å². The van der Waals surface area contributed by atoms with E-state index in [1.54, 1.807) is 31.2 Å². The average Bonchev–Trinajstić information content (AvgIpc) is 3.12. The molecule has 1 aromatic rings. The summed E-state index contributed by atoms with van der Waals surface area (Å²) in [4.78, 5) is 23.3. The summed E-state index contributed by atoms with van der Waals surface area (Å²) < 4.78 is 30.2. The van der Waals surface area contributed by atoms with Crippen molar-refractivity contribution in [2.24, 2.45) is 5.92 Å². The van der Waals surface area contributed by atoms with E-state index in [9.17, 15) is 14.0 Å². The third kappa shape index (κ3) is 2.05. The molecule has 1 aromatic carbocycles. The van der Waals surface area contributed by atoms with Gasteiger partial charge < -0.3 is 14.2 Å². The maximum absolute atomic E-state index is 14.7. The molecular weight excluding hydrogens is 303 g/mol. The first-order valence-electron chi connectivity index (χ1n) is 7.25. The summed E-state index contributed by atoms with van der Waals surface area (Å²) in [6.07, 6.45) is -0.219. The molecule has 5 nitrogen and oxygen atoms in total. The van der Waals surface area contributed by atoms with Crippen LogP contribution in [0.2, 0.25) is 0 Å². The fraction of sp³-hybridized carbons (Fsp3) is 0.294. The van der Waals surface area contributed by atoms with Gasteiger partial charge in [0.2, 0.25) is 0 Å². The van der Waals surface area contributed by atoms with Gasteiger partial charge in [0.05, 0.1) is 17.8 Å². The number of carbonyl (C=O) groups is 2. The molecule has 4 atom stereocenters. The number of hydrogen-bond donors (Lipinski definition) is 0. The fourth-order valence-electron chi connectivity index (χ4n) is 3.18. The summed E-state index contributed by atoms with van der Waals surface area (Å²) in [6.45, 7) is 1.60. The Hall–Kier alpha value is -2.63. The minimum Gasteiger partial charge on any atom is -0.458 e. The molecule has 0 saturated carbocycles. The predicted molar refractivity (Wildman–Crippen MR) is 75.4 cm³/mol. The lowest BCUT2D eigenvalue weighted by atomic mass is 9.96. The highest BCUT2D eigenvalue weighted by atomic mass is 19.1. The van der Waals surface area contributed by atoms with Gasteiger partial charge in [-0.1, -0.05) is 24.3 Å². The summed E-state index contributed by atoms with van der Waals surface area (Å²) >= 11 is 0.